The number of amides is 3. The van der Waals surface area contributed by atoms with E-state index in [0.29, 0.717) is 80.8 Å². The van der Waals surface area contributed by atoms with E-state index in [-0.39, 0.29) is 27.9 Å². The molecule has 8 rings (SSSR count). The predicted molar refractivity (Wildman–Crippen MR) is 157 cm³/mol. The van der Waals surface area contributed by atoms with Gasteiger partial charge in [0, 0.05) is 46.5 Å². The highest BCUT2D eigenvalue weighted by molar-refractivity contribution is 6.07. The van der Waals surface area contributed by atoms with Crippen LogP contribution in [0.25, 0.3) is 0 Å². The van der Waals surface area contributed by atoms with Crippen LogP contribution >= 0.6 is 0 Å². The fraction of sp³-hybridized carbons (Fsp3) is 0.613. The summed E-state index contributed by atoms with van der Waals surface area (Å²) in [5, 5.41) is 5.21. The molecule has 0 bridgehead atoms. The molecule has 2 N–H and O–H groups in total. The zero-order valence-corrected chi connectivity index (χ0v) is 24.7. The van der Waals surface area contributed by atoms with Crippen LogP contribution in [0.1, 0.15) is 63.8 Å². The van der Waals surface area contributed by atoms with Crippen molar-refractivity contribution in [2.24, 2.45) is 0 Å². The van der Waals surface area contributed by atoms with Gasteiger partial charge in [0.1, 0.15) is 35.8 Å². The molecule has 2 aromatic rings. The van der Waals surface area contributed by atoms with Crippen LogP contribution in [0.4, 0.5) is 23.8 Å². The summed E-state index contributed by atoms with van der Waals surface area (Å²) in [6.07, 6.45) is 3.77. The number of ether oxygens (including phenoxy) is 1. The third-order valence-electron chi connectivity index (χ3n) is 11.1. The highest BCUT2D eigenvalue weighted by Crippen LogP contribution is 2.50. The van der Waals surface area contributed by atoms with Crippen LogP contribution in [-0.4, -0.2) is 88.8 Å². The van der Waals surface area contributed by atoms with Crippen LogP contribution in [0, 0.1) is 11.6 Å². The zero-order chi connectivity index (χ0) is 30.4. The van der Waals surface area contributed by atoms with Gasteiger partial charge in [-0.15, -0.1) is 0 Å². The maximum absolute atomic E-state index is 15.4. The van der Waals surface area contributed by atoms with E-state index in [2.05, 4.69) is 20.4 Å². The molecule has 1 aromatic carbocycles. The van der Waals surface area contributed by atoms with E-state index in [1.165, 1.54) is 12.1 Å². The summed E-state index contributed by atoms with van der Waals surface area (Å²) in [4.78, 5) is 41.0. The van der Waals surface area contributed by atoms with E-state index in [1.807, 2.05) is 11.9 Å². The number of urea groups is 1. The second-order valence-electron chi connectivity index (χ2n) is 13.6. The Morgan fingerprint density at radius 2 is 1.91 bits per heavy atom. The fourth-order valence-electron chi connectivity index (χ4n) is 8.99. The summed E-state index contributed by atoms with van der Waals surface area (Å²) in [6.45, 7) is 2.70. The van der Waals surface area contributed by atoms with Gasteiger partial charge < -0.3 is 15.0 Å². The number of alkyl halides is 1. The van der Waals surface area contributed by atoms with Crippen LogP contribution in [-0.2, 0) is 29.7 Å². The molecule has 6 heterocycles. The number of likely N-dealkylation sites (N-methyl/N-ethyl adjacent to an activating group) is 1. The average Bonchev–Trinajstić information content (AvgIpc) is 3.71. The summed E-state index contributed by atoms with van der Waals surface area (Å²) < 4.78 is 51.1. The third-order valence-corrected chi connectivity index (χ3v) is 11.1. The maximum Gasteiger partial charge on any atom is 0.322 e. The quantitative estimate of drug-likeness (QED) is 0.506. The molecule has 1 aromatic heterocycles. The number of aromatic nitrogens is 2. The number of carbonyl (C=O) groups is 2. The number of hydrogen-bond donors (Lipinski definition) is 2. The topological polar surface area (TPSA) is 103 Å². The van der Waals surface area contributed by atoms with Crippen LogP contribution in [0.3, 0.4) is 0 Å². The maximum atomic E-state index is 15.4. The van der Waals surface area contributed by atoms with Crippen molar-refractivity contribution in [2.45, 2.75) is 80.7 Å². The van der Waals surface area contributed by atoms with E-state index < -0.39 is 40.5 Å². The van der Waals surface area contributed by atoms with Crippen molar-refractivity contribution in [3.8, 4) is 6.01 Å². The molecular formula is C31H40F3N7O3. The van der Waals surface area contributed by atoms with Crippen molar-refractivity contribution < 1.29 is 30.4 Å². The summed E-state index contributed by atoms with van der Waals surface area (Å²) in [7, 11) is 1.92. The molecule has 0 unspecified atom stereocenters. The molecule has 3 amide bonds. The summed E-state index contributed by atoms with van der Waals surface area (Å²) in [5.74, 6) is -0.579. The van der Waals surface area contributed by atoms with Crippen LogP contribution < -0.4 is 20.3 Å². The first-order valence-electron chi connectivity index (χ1n) is 15.6. The normalized spacial score (nSPS) is 33.1. The van der Waals surface area contributed by atoms with Crippen molar-refractivity contribution in [1.29, 1.82) is 0 Å². The molecule has 6 aliphatic rings. The standard InChI is InChI=1S/C31H36F3N7O3.2H2/c1-39-15-20-23(13-31(39)9-6-19-21(33)4-5-22(34)24(19)31)35-28(44-17-29-7-2-11-41(29)14-18(32)12-29)36-25(20)40-10-3-8-30(16-40)26(42)37-27(43)38-30;;/h4-5,18H,2-3,6-17H2,1H3,(H2,37,38,42,43);2*1H/t18-,29+,30-,31+;;/m1../s1. The molecule has 238 valence electrons. The minimum absolute atomic E-state index is 0. The number of hydrogen-bond acceptors (Lipinski definition) is 8. The van der Waals surface area contributed by atoms with Crippen LogP contribution in [0.15, 0.2) is 12.1 Å². The molecule has 10 nitrogen and oxygen atoms in total. The first-order chi connectivity index (χ1) is 21.1. The molecule has 1 aliphatic carbocycles. The minimum atomic E-state index is -1.07. The number of nitrogens with zero attached hydrogens (tertiary/aromatic N) is 5. The van der Waals surface area contributed by atoms with Crippen LogP contribution in [0.5, 0.6) is 6.01 Å². The Morgan fingerprint density at radius 1 is 1.09 bits per heavy atom. The summed E-state index contributed by atoms with van der Waals surface area (Å²) in [6, 6.07) is 2.03. The molecule has 4 fully saturated rings. The summed E-state index contributed by atoms with van der Waals surface area (Å²) >= 11 is 0. The van der Waals surface area contributed by atoms with Gasteiger partial charge in [-0.3, -0.25) is 19.9 Å². The molecule has 5 aliphatic heterocycles. The lowest BCUT2D eigenvalue weighted by Crippen LogP contribution is -2.59. The van der Waals surface area contributed by atoms with Gasteiger partial charge in [-0.2, -0.15) is 9.97 Å². The second kappa shape index (κ2) is 9.77. The number of imide groups is 1. The van der Waals surface area contributed by atoms with Gasteiger partial charge in [0.15, 0.2) is 0 Å². The molecule has 4 saturated heterocycles. The number of fused-ring (bicyclic) bond motifs is 4. The predicted octanol–water partition coefficient (Wildman–Crippen LogP) is 3.21. The lowest BCUT2D eigenvalue weighted by Gasteiger charge is -2.46. The van der Waals surface area contributed by atoms with Gasteiger partial charge in [-0.25, -0.2) is 18.0 Å². The first kappa shape index (κ1) is 28.1. The van der Waals surface area contributed by atoms with Crippen molar-refractivity contribution >= 4 is 17.8 Å². The number of nitrogens with one attached hydrogen (secondary N) is 2. The van der Waals surface area contributed by atoms with Crippen molar-refractivity contribution in [3.63, 3.8) is 0 Å². The van der Waals surface area contributed by atoms with Crippen LogP contribution in [0.2, 0.25) is 0 Å². The van der Waals surface area contributed by atoms with Crippen molar-refractivity contribution in [3.05, 3.63) is 46.2 Å². The van der Waals surface area contributed by atoms with Crippen molar-refractivity contribution in [1.82, 2.24) is 30.4 Å². The largest absolute Gasteiger partial charge is 0.461 e. The lowest BCUT2D eigenvalue weighted by molar-refractivity contribution is -0.124. The molecule has 0 saturated carbocycles. The van der Waals surface area contributed by atoms with E-state index in [4.69, 9.17) is 14.7 Å². The number of carbonyl (C=O) groups excluding carboxylic acids is 2. The molecule has 4 atom stereocenters. The van der Waals surface area contributed by atoms with Gasteiger partial charge in [0.05, 0.1) is 23.3 Å². The minimum Gasteiger partial charge on any atom is -0.461 e. The molecule has 0 radical (unpaired) electrons. The SMILES string of the molecule is CN1Cc2c(nc(OC[C@@]34CCCN3C[C@H](F)C4)nc2N2CCC[C@]3(C2)NC(=O)NC3=O)C[C@]12CCc1c(F)ccc(F)c12.[HH].[HH]. The van der Waals surface area contributed by atoms with Gasteiger partial charge >= 0.3 is 12.0 Å². The molecular weight excluding hydrogens is 575 g/mol. The monoisotopic (exact) mass is 615 g/mol. The van der Waals surface area contributed by atoms with Gasteiger partial charge in [-0.05, 0) is 69.8 Å². The van der Waals surface area contributed by atoms with Crippen molar-refractivity contribution in [2.75, 3.05) is 44.7 Å². The molecule has 13 heteroatoms. The van der Waals surface area contributed by atoms with E-state index in [0.717, 1.165) is 24.9 Å². The van der Waals surface area contributed by atoms with Gasteiger partial charge in [0.2, 0.25) is 0 Å². The highest BCUT2D eigenvalue weighted by atomic mass is 19.1. The van der Waals surface area contributed by atoms with E-state index in [1.54, 1.807) is 0 Å². The zero-order valence-electron chi connectivity index (χ0n) is 24.7. The highest BCUT2D eigenvalue weighted by Gasteiger charge is 2.53. The second-order valence-corrected chi connectivity index (χ2v) is 13.6. The fourth-order valence-corrected chi connectivity index (χ4v) is 8.99. The lowest BCUT2D eigenvalue weighted by atomic mass is 9.80. The Hall–Kier alpha value is -3.45. The Labute approximate surface area is 256 Å². The number of benzene rings is 1. The average molecular weight is 616 g/mol. The van der Waals surface area contributed by atoms with E-state index >= 15 is 4.39 Å². The number of halogens is 3. The Bertz CT molecular complexity index is 1590. The first-order valence-corrected chi connectivity index (χ1v) is 15.6. The third kappa shape index (κ3) is 4.07. The van der Waals surface area contributed by atoms with Gasteiger partial charge in [-0.1, -0.05) is 0 Å². The molecule has 44 heavy (non-hydrogen) atoms. The smallest absolute Gasteiger partial charge is 0.322 e. The number of rotatable bonds is 4. The number of piperidine rings is 1. The Kier molecular flexibility index (Phi) is 6.23. The Morgan fingerprint density at radius 3 is 2.73 bits per heavy atom. The molecule has 2 spiro atoms. The van der Waals surface area contributed by atoms with Gasteiger partial charge in [0.25, 0.3) is 5.91 Å². The van der Waals surface area contributed by atoms with E-state index in [9.17, 15) is 18.4 Å². The number of anilines is 1. The summed E-state index contributed by atoms with van der Waals surface area (Å²) in [5.41, 5.74) is 0.0769. The Balaban J connectivity index is 0.00000186.